The Morgan fingerprint density at radius 3 is 2.71 bits per heavy atom. The summed E-state index contributed by atoms with van der Waals surface area (Å²) in [6.07, 6.45) is 1.67. The lowest BCUT2D eigenvalue weighted by molar-refractivity contribution is -0.105. The molecule has 0 unspecified atom stereocenters. The highest BCUT2D eigenvalue weighted by Crippen LogP contribution is 2.34. The molecule has 110 valence electrons. The molecule has 0 fully saturated rings. The lowest BCUT2D eigenvalue weighted by Crippen LogP contribution is -2.18. The third-order valence-electron chi connectivity index (χ3n) is 3.27. The van der Waals surface area contributed by atoms with Gasteiger partial charge in [0.15, 0.2) is 0 Å². The molecule has 0 spiro atoms. The van der Waals surface area contributed by atoms with Gasteiger partial charge in [-0.2, -0.15) is 0 Å². The minimum Gasteiger partial charge on any atom is -0.401 e. The number of carbonyl (C=O) groups is 1. The summed E-state index contributed by atoms with van der Waals surface area (Å²) in [7, 11) is 1.54. The molecule has 1 aromatic rings. The molecule has 0 bridgehead atoms. The van der Waals surface area contributed by atoms with Crippen LogP contribution < -0.4 is 5.73 Å². The van der Waals surface area contributed by atoms with Gasteiger partial charge in [-0.15, -0.1) is 0 Å². The van der Waals surface area contributed by atoms with Crippen molar-refractivity contribution in [2.24, 2.45) is 10.7 Å². The summed E-state index contributed by atoms with van der Waals surface area (Å²) >= 11 is 12.4. The van der Waals surface area contributed by atoms with E-state index in [1.54, 1.807) is 0 Å². The molecule has 0 heterocycles. The number of aldehydes is 1. The van der Waals surface area contributed by atoms with E-state index in [0.29, 0.717) is 52.3 Å². The van der Waals surface area contributed by atoms with Crippen LogP contribution in [0.25, 0.3) is 0 Å². The fourth-order valence-electron chi connectivity index (χ4n) is 2.22. The summed E-state index contributed by atoms with van der Waals surface area (Å²) in [5.41, 5.74) is 8.19. The molecular weight excluding hydrogens is 314 g/mol. The van der Waals surface area contributed by atoms with Crippen molar-refractivity contribution in [1.82, 2.24) is 0 Å². The average Bonchev–Trinajstić information content (AvgIpc) is 2.46. The van der Waals surface area contributed by atoms with E-state index >= 15 is 0 Å². The highest BCUT2D eigenvalue weighted by Gasteiger charge is 2.25. The van der Waals surface area contributed by atoms with Crippen LogP contribution in [-0.2, 0) is 4.79 Å². The number of nitrogens with zero attached hydrogens (tertiary/aromatic N) is 1. The van der Waals surface area contributed by atoms with Crippen molar-refractivity contribution >= 4 is 35.2 Å². The number of benzene rings is 1. The van der Waals surface area contributed by atoms with Crippen LogP contribution >= 0.6 is 23.2 Å². The van der Waals surface area contributed by atoms with E-state index in [-0.39, 0.29) is 5.03 Å². The second-order valence-electron chi connectivity index (χ2n) is 4.55. The van der Waals surface area contributed by atoms with E-state index in [1.165, 1.54) is 25.2 Å². The van der Waals surface area contributed by atoms with Gasteiger partial charge in [0.1, 0.15) is 12.1 Å². The van der Waals surface area contributed by atoms with Gasteiger partial charge in [-0.05, 0) is 31.0 Å². The number of hydrogen-bond acceptors (Lipinski definition) is 3. The highest BCUT2D eigenvalue weighted by molar-refractivity contribution is 6.41. The number of nitrogens with two attached hydrogens (primary N) is 1. The second-order valence-corrected chi connectivity index (χ2v) is 5.34. The summed E-state index contributed by atoms with van der Waals surface area (Å²) in [4.78, 5) is 15.2. The van der Waals surface area contributed by atoms with Gasteiger partial charge in [0.25, 0.3) is 0 Å². The van der Waals surface area contributed by atoms with Crippen molar-refractivity contribution < 1.29 is 9.18 Å². The topological polar surface area (TPSA) is 55.4 Å². The largest absolute Gasteiger partial charge is 0.401 e. The minimum absolute atomic E-state index is 0.245. The number of halogens is 3. The Labute approximate surface area is 131 Å². The standard InChI is InChI=1S/C15H13Cl2FN2O/c1-20-15(10-6-9(18)3-4-11(10)16)13-12(19)5-2-8(7-21)14(13)17/h3-4,6-7H,2,5,19H2,1H3. The lowest BCUT2D eigenvalue weighted by atomic mass is 9.91. The SMILES string of the molecule is CN=C(C1=C(N)CCC(C=O)=C1Cl)c1cc(F)ccc1Cl. The second kappa shape index (κ2) is 6.41. The Hall–Kier alpha value is -1.65. The molecule has 2 rings (SSSR count). The van der Waals surface area contributed by atoms with Crippen molar-refractivity contribution in [3.63, 3.8) is 0 Å². The molecule has 0 saturated carbocycles. The van der Waals surface area contributed by atoms with Crippen molar-refractivity contribution in [3.05, 3.63) is 56.5 Å². The third-order valence-corrected chi connectivity index (χ3v) is 4.03. The molecule has 0 amide bonds. The maximum Gasteiger partial charge on any atom is 0.147 e. The van der Waals surface area contributed by atoms with Crippen LogP contribution in [-0.4, -0.2) is 19.0 Å². The van der Waals surface area contributed by atoms with E-state index in [9.17, 15) is 9.18 Å². The summed E-state index contributed by atoms with van der Waals surface area (Å²) in [5.74, 6) is -0.443. The molecule has 1 aliphatic rings. The zero-order valence-corrected chi connectivity index (χ0v) is 12.8. The molecule has 21 heavy (non-hydrogen) atoms. The summed E-state index contributed by atoms with van der Waals surface area (Å²) in [5, 5.41) is 0.578. The van der Waals surface area contributed by atoms with Gasteiger partial charge in [-0.1, -0.05) is 23.2 Å². The van der Waals surface area contributed by atoms with Crippen molar-refractivity contribution in [2.75, 3.05) is 7.05 Å². The normalized spacial score (nSPS) is 16.5. The number of rotatable bonds is 3. The fourth-order valence-corrected chi connectivity index (χ4v) is 2.78. The quantitative estimate of drug-likeness (QED) is 0.681. The van der Waals surface area contributed by atoms with E-state index in [0.717, 1.165) is 0 Å². The van der Waals surface area contributed by atoms with E-state index in [4.69, 9.17) is 28.9 Å². The molecule has 0 atom stereocenters. The van der Waals surface area contributed by atoms with Crippen molar-refractivity contribution in [1.29, 1.82) is 0 Å². The minimum atomic E-state index is -0.443. The van der Waals surface area contributed by atoms with E-state index in [1.807, 2.05) is 0 Å². The Bertz CT molecular complexity index is 693. The monoisotopic (exact) mass is 326 g/mol. The first kappa shape index (κ1) is 15.7. The van der Waals surface area contributed by atoms with Gasteiger partial charge >= 0.3 is 0 Å². The highest BCUT2D eigenvalue weighted by atomic mass is 35.5. The van der Waals surface area contributed by atoms with Crippen LogP contribution in [0.1, 0.15) is 18.4 Å². The number of hydrogen-bond donors (Lipinski definition) is 1. The lowest BCUT2D eigenvalue weighted by Gasteiger charge is -2.20. The van der Waals surface area contributed by atoms with Crippen LogP contribution in [0.15, 0.2) is 45.1 Å². The van der Waals surface area contributed by atoms with Gasteiger partial charge in [0, 0.05) is 29.5 Å². The maximum absolute atomic E-state index is 13.5. The molecule has 0 aliphatic heterocycles. The van der Waals surface area contributed by atoms with Gasteiger partial charge in [-0.3, -0.25) is 9.79 Å². The molecule has 6 heteroatoms. The summed E-state index contributed by atoms with van der Waals surface area (Å²) < 4.78 is 13.5. The van der Waals surface area contributed by atoms with Crippen molar-refractivity contribution in [2.45, 2.75) is 12.8 Å². The fraction of sp³-hybridized carbons (Fsp3) is 0.200. The summed E-state index contributed by atoms with van der Waals surface area (Å²) in [6.45, 7) is 0. The third kappa shape index (κ3) is 3.01. The number of carbonyl (C=O) groups excluding carboxylic acids is 1. The zero-order chi connectivity index (χ0) is 15.6. The number of aliphatic imine (C=N–C) groups is 1. The molecule has 1 aromatic carbocycles. The predicted octanol–water partition coefficient (Wildman–Crippen LogP) is 3.60. The first-order valence-corrected chi connectivity index (χ1v) is 7.00. The first-order valence-electron chi connectivity index (χ1n) is 6.25. The zero-order valence-electron chi connectivity index (χ0n) is 11.3. The predicted molar refractivity (Wildman–Crippen MR) is 83.3 cm³/mol. The molecule has 0 aromatic heterocycles. The van der Waals surface area contributed by atoms with Crippen LogP contribution in [0.3, 0.4) is 0 Å². The Balaban J connectivity index is 2.64. The van der Waals surface area contributed by atoms with Gasteiger partial charge < -0.3 is 5.73 Å². The Morgan fingerprint density at radius 2 is 2.10 bits per heavy atom. The number of allylic oxidation sites excluding steroid dienone is 4. The molecule has 1 aliphatic carbocycles. The van der Waals surface area contributed by atoms with Crippen molar-refractivity contribution in [3.8, 4) is 0 Å². The maximum atomic E-state index is 13.5. The Morgan fingerprint density at radius 1 is 1.38 bits per heavy atom. The Kier molecular flexibility index (Phi) is 4.80. The van der Waals surface area contributed by atoms with Crippen LogP contribution in [0, 0.1) is 5.82 Å². The van der Waals surface area contributed by atoms with Crippen LogP contribution in [0.2, 0.25) is 5.02 Å². The first-order chi connectivity index (χ1) is 9.99. The van der Waals surface area contributed by atoms with E-state index in [2.05, 4.69) is 4.99 Å². The van der Waals surface area contributed by atoms with Crippen LogP contribution in [0.4, 0.5) is 4.39 Å². The van der Waals surface area contributed by atoms with E-state index < -0.39 is 5.82 Å². The molecule has 2 N–H and O–H groups in total. The van der Waals surface area contributed by atoms with Crippen LogP contribution in [0.5, 0.6) is 0 Å². The molecule has 3 nitrogen and oxygen atoms in total. The van der Waals surface area contributed by atoms with Gasteiger partial charge in [0.2, 0.25) is 0 Å². The molecule has 0 radical (unpaired) electrons. The summed E-state index contributed by atoms with van der Waals surface area (Å²) in [6, 6.07) is 3.96. The molecular formula is C15H13Cl2FN2O. The van der Waals surface area contributed by atoms with Gasteiger partial charge in [0.05, 0.1) is 15.8 Å². The molecule has 0 saturated heterocycles. The average molecular weight is 327 g/mol. The smallest absolute Gasteiger partial charge is 0.147 e. The van der Waals surface area contributed by atoms with Gasteiger partial charge in [-0.25, -0.2) is 4.39 Å².